The van der Waals surface area contributed by atoms with E-state index >= 15 is 0 Å². The molecule has 1 aliphatic heterocycles. The van der Waals surface area contributed by atoms with Crippen LogP contribution < -0.4 is 4.74 Å². The zero-order valence-corrected chi connectivity index (χ0v) is 15.5. The number of hydrogen-bond acceptors (Lipinski definition) is 4. The van der Waals surface area contributed by atoms with Gasteiger partial charge in [-0.25, -0.2) is 0 Å². The molecule has 6 heteroatoms. The highest BCUT2D eigenvalue weighted by atomic mass is 16.5. The maximum absolute atomic E-state index is 12.5. The fourth-order valence-electron chi connectivity index (χ4n) is 3.02. The molecule has 1 saturated heterocycles. The van der Waals surface area contributed by atoms with Gasteiger partial charge >= 0.3 is 0 Å². The van der Waals surface area contributed by atoms with E-state index in [1.54, 1.807) is 12.0 Å². The fourth-order valence-corrected chi connectivity index (χ4v) is 3.02. The monoisotopic (exact) mass is 347 g/mol. The van der Waals surface area contributed by atoms with E-state index in [0.29, 0.717) is 13.0 Å². The van der Waals surface area contributed by atoms with Crippen molar-refractivity contribution in [3.05, 3.63) is 29.8 Å². The zero-order chi connectivity index (χ0) is 18.2. The van der Waals surface area contributed by atoms with Crippen molar-refractivity contribution >= 4 is 11.8 Å². The Labute approximate surface area is 150 Å². The van der Waals surface area contributed by atoms with Crippen LogP contribution in [0.2, 0.25) is 0 Å². The van der Waals surface area contributed by atoms with Crippen molar-refractivity contribution in [2.45, 2.75) is 20.3 Å². The first-order valence-electron chi connectivity index (χ1n) is 8.92. The van der Waals surface area contributed by atoms with Crippen LogP contribution in [0.4, 0.5) is 0 Å². The van der Waals surface area contributed by atoms with Gasteiger partial charge in [0.25, 0.3) is 0 Å². The predicted molar refractivity (Wildman–Crippen MR) is 97.6 cm³/mol. The Morgan fingerprint density at radius 3 is 2.52 bits per heavy atom. The van der Waals surface area contributed by atoms with Crippen molar-refractivity contribution in [3.63, 3.8) is 0 Å². The lowest BCUT2D eigenvalue weighted by Crippen LogP contribution is -2.51. The molecule has 0 aromatic heterocycles. The van der Waals surface area contributed by atoms with E-state index in [-0.39, 0.29) is 18.4 Å². The molecule has 138 valence electrons. The van der Waals surface area contributed by atoms with Crippen LogP contribution in [0.3, 0.4) is 0 Å². The Balaban J connectivity index is 1.87. The topological polar surface area (TPSA) is 53.1 Å². The molecule has 1 aromatic rings. The fraction of sp³-hybridized carbons (Fsp3) is 0.579. The molecule has 0 N–H and O–H groups in total. The first kappa shape index (κ1) is 19.2. The van der Waals surface area contributed by atoms with Crippen LogP contribution in [-0.4, -0.2) is 79.4 Å². The first-order chi connectivity index (χ1) is 12.0. The van der Waals surface area contributed by atoms with Crippen LogP contribution in [0.1, 0.15) is 19.4 Å². The highest BCUT2D eigenvalue weighted by Crippen LogP contribution is 2.13. The molecule has 0 bridgehead atoms. The third-order valence-electron chi connectivity index (χ3n) is 4.75. The van der Waals surface area contributed by atoms with Gasteiger partial charge in [0.05, 0.1) is 13.7 Å². The summed E-state index contributed by atoms with van der Waals surface area (Å²) in [7, 11) is 1.64. The molecule has 1 heterocycles. The molecule has 0 saturated carbocycles. The van der Waals surface area contributed by atoms with E-state index < -0.39 is 0 Å². The average molecular weight is 347 g/mol. The van der Waals surface area contributed by atoms with E-state index in [4.69, 9.17) is 4.74 Å². The van der Waals surface area contributed by atoms with Gasteiger partial charge in [0.1, 0.15) is 5.75 Å². The van der Waals surface area contributed by atoms with Crippen LogP contribution in [-0.2, 0) is 16.0 Å². The number of rotatable bonds is 7. The van der Waals surface area contributed by atoms with E-state index in [1.165, 1.54) is 6.92 Å². The van der Waals surface area contributed by atoms with Crippen LogP contribution >= 0.6 is 0 Å². The van der Waals surface area contributed by atoms with Crippen molar-refractivity contribution in [3.8, 4) is 5.75 Å². The summed E-state index contributed by atoms with van der Waals surface area (Å²) in [5.41, 5.74) is 1.09. The summed E-state index contributed by atoms with van der Waals surface area (Å²) < 4.78 is 5.23. The van der Waals surface area contributed by atoms with Crippen molar-refractivity contribution in [1.29, 1.82) is 0 Å². The molecule has 0 radical (unpaired) electrons. The number of hydrogen-bond donors (Lipinski definition) is 0. The number of methoxy groups -OCH3 is 1. The van der Waals surface area contributed by atoms with E-state index in [0.717, 1.165) is 44.0 Å². The number of benzene rings is 1. The van der Waals surface area contributed by atoms with Crippen molar-refractivity contribution in [2.75, 3.05) is 52.9 Å². The second-order valence-electron chi connectivity index (χ2n) is 6.36. The molecule has 0 spiro atoms. The Hall–Kier alpha value is -2.08. The van der Waals surface area contributed by atoms with Crippen molar-refractivity contribution < 1.29 is 14.3 Å². The molecular formula is C19H29N3O3. The molecule has 1 fully saturated rings. The van der Waals surface area contributed by atoms with Gasteiger partial charge in [0.2, 0.25) is 11.8 Å². The Morgan fingerprint density at radius 2 is 1.92 bits per heavy atom. The molecular weight excluding hydrogens is 318 g/mol. The molecule has 0 aliphatic carbocycles. The van der Waals surface area contributed by atoms with Gasteiger partial charge in [-0.3, -0.25) is 9.59 Å². The van der Waals surface area contributed by atoms with Gasteiger partial charge in [-0.15, -0.1) is 0 Å². The molecule has 0 atom stereocenters. The van der Waals surface area contributed by atoms with E-state index in [9.17, 15) is 9.59 Å². The van der Waals surface area contributed by atoms with Gasteiger partial charge in [0.15, 0.2) is 0 Å². The van der Waals surface area contributed by atoms with Gasteiger partial charge in [-0.1, -0.05) is 19.1 Å². The Bertz CT molecular complexity index is 583. The second kappa shape index (κ2) is 9.42. The van der Waals surface area contributed by atoms with Gasteiger partial charge in [0, 0.05) is 39.6 Å². The number of piperazine rings is 1. The van der Waals surface area contributed by atoms with Crippen LogP contribution in [0.5, 0.6) is 5.75 Å². The average Bonchev–Trinajstić information content (AvgIpc) is 2.64. The molecule has 2 rings (SSSR count). The third kappa shape index (κ3) is 5.74. The summed E-state index contributed by atoms with van der Waals surface area (Å²) in [6, 6.07) is 7.80. The van der Waals surface area contributed by atoms with Gasteiger partial charge < -0.3 is 19.4 Å². The highest BCUT2D eigenvalue weighted by molar-refractivity contribution is 5.84. The first-order valence-corrected chi connectivity index (χ1v) is 8.92. The molecule has 6 nitrogen and oxygen atoms in total. The lowest BCUT2D eigenvalue weighted by molar-refractivity contribution is -0.140. The minimum Gasteiger partial charge on any atom is -0.497 e. The maximum atomic E-state index is 12.5. The number of nitrogens with zero attached hydrogens (tertiary/aromatic N) is 3. The van der Waals surface area contributed by atoms with Gasteiger partial charge in [-0.2, -0.15) is 0 Å². The second-order valence-corrected chi connectivity index (χ2v) is 6.36. The maximum Gasteiger partial charge on any atom is 0.242 e. The normalized spacial score (nSPS) is 15.1. The lowest BCUT2D eigenvalue weighted by Gasteiger charge is -2.35. The summed E-state index contributed by atoms with van der Waals surface area (Å²) in [4.78, 5) is 30.3. The van der Waals surface area contributed by atoms with Crippen LogP contribution in [0.25, 0.3) is 0 Å². The summed E-state index contributed by atoms with van der Waals surface area (Å²) in [6.45, 7) is 8.67. The number of amides is 2. The minimum absolute atomic E-state index is 0.0385. The summed E-state index contributed by atoms with van der Waals surface area (Å²) in [6.07, 6.45) is 0.702. The lowest BCUT2D eigenvalue weighted by atomic mass is 10.1. The molecule has 2 amide bonds. The van der Waals surface area contributed by atoms with Crippen LogP contribution in [0.15, 0.2) is 24.3 Å². The standard InChI is InChI=1S/C19H29N3O3/c1-4-20-10-12-21(13-11-20)19(24)15-22(16(2)23)9-8-17-6-5-7-18(14-17)25-3/h5-7,14H,4,8-13,15H2,1-3H3. The highest BCUT2D eigenvalue weighted by Gasteiger charge is 2.22. The van der Waals surface area contributed by atoms with Crippen molar-refractivity contribution in [1.82, 2.24) is 14.7 Å². The van der Waals surface area contributed by atoms with E-state index in [1.807, 2.05) is 29.2 Å². The zero-order valence-electron chi connectivity index (χ0n) is 15.5. The minimum atomic E-state index is -0.0663. The van der Waals surface area contributed by atoms with E-state index in [2.05, 4.69) is 11.8 Å². The Kier molecular flexibility index (Phi) is 7.25. The van der Waals surface area contributed by atoms with Crippen LogP contribution in [0, 0.1) is 0 Å². The third-order valence-corrected chi connectivity index (χ3v) is 4.75. The molecule has 0 unspecified atom stereocenters. The number of likely N-dealkylation sites (N-methyl/N-ethyl adjacent to an activating group) is 1. The smallest absolute Gasteiger partial charge is 0.242 e. The largest absolute Gasteiger partial charge is 0.497 e. The number of ether oxygens (including phenoxy) is 1. The quantitative estimate of drug-likeness (QED) is 0.745. The predicted octanol–water partition coefficient (Wildman–Crippen LogP) is 1.25. The number of carbonyl (C=O) groups is 2. The number of carbonyl (C=O) groups excluding carboxylic acids is 2. The summed E-state index contributed by atoms with van der Waals surface area (Å²) >= 11 is 0. The molecule has 25 heavy (non-hydrogen) atoms. The Morgan fingerprint density at radius 1 is 1.20 bits per heavy atom. The van der Waals surface area contributed by atoms with Gasteiger partial charge in [-0.05, 0) is 30.7 Å². The molecule has 1 aromatic carbocycles. The molecule has 1 aliphatic rings. The SMILES string of the molecule is CCN1CCN(C(=O)CN(CCc2cccc(OC)c2)C(C)=O)CC1. The summed E-state index contributed by atoms with van der Waals surface area (Å²) in [5.74, 6) is 0.775. The van der Waals surface area contributed by atoms with Crippen molar-refractivity contribution in [2.24, 2.45) is 0 Å². The summed E-state index contributed by atoms with van der Waals surface area (Å²) in [5, 5.41) is 0.